The summed E-state index contributed by atoms with van der Waals surface area (Å²) in [6.07, 6.45) is 0. The molecule has 2 atom stereocenters. The van der Waals surface area contributed by atoms with Gasteiger partial charge in [0.25, 0.3) is 0 Å². The maximum absolute atomic E-state index is 10.4. The highest BCUT2D eigenvalue weighted by Crippen LogP contribution is 2.19. The number of nitrogens with two attached hydrogens (primary N) is 1. The molecule has 0 amide bonds. The molecule has 0 spiro atoms. The van der Waals surface area contributed by atoms with Gasteiger partial charge < -0.3 is 0 Å². The van der Waals surface area contributed by atoms with Gasteiger partial charge in [0.05, 0.1) is 0 Å². The van der Waals surface area contributed by atoms with E-state index in [4.69, 9.17) is 10.3 Å². The third kappa shape index (κ3) is 2.89. The molecule has 0 aromatic heterocycles. The first-order chi connectivity index (χ1) is 6.02. The van der Waals surface area contributed by atoms with Crippen molar-refractivity contribution in [1.82, 2.24) is 0 Å². The zero-order valence-corrected chi connectivity index (χ0v) is 7.95. The van der Waals surface area contributed by atoms with E-state index in [0.29, 0.717) is 5.56 Å². The second-order valence-electron chi connectivity index (χ2n) is 2.77. The Morgan fingerprint density at radius 3 is 2.46 bits per heavy atom. The molecule has 1 aromatic rings. The molecular weight excluding hydrogens is 190 g/mol. The van der Waals surface area contributed by atoms with E-state index in [1.807, 2.05) is 6.07 Å². The molecule has 1 aromatic carbocycles. The van der Waals surface area contributed by atoms with Crippen LogP contribution in [0.2, 0.25) is 0 Å². The molecule has 5 heteroatoms. The summed E-state index contributed by atoms with van der Waals surface area (Å²) in [7, 11) is 0. The van der Waals surface area contributed by atoms with Crippen LogP contribution < -0.4 is 5.73 Å². The van der Waals surface area contributed by atoms with Crippen LogP contribution in [0.1, 0.15) is 12.5 Å². The number of rotatable bonds is 3. The molecule has 4 nitrogen and oxygen atoms in total. The highest BCUT2D eigenvalue weighted by Gasteiger charge is 2.24. The largest absolute Gasteiger partial charge is 0.304 e. The Labute approximate surface area is 79.2 Å². The standard InChI is InChI=1S/C8H11NO3S/c1-8(9,12-13(10)11)7-5-3-2-4-6-7/h2-6H,9H2,1H3,(H,10,11). The topological polar surface area (TPSA) is 72.5 Å². The summed E-state index contributed by atoms with van der Waals surface area (Å²) in [5.41, 5.74) is 5.08. The van der Waals surface area contributed by atoms with Crippen molar-refractivity contribution in [2.75, 3.05) is 0 Å². The molecule has 3 N–H and O–H groups in total. The molecule has 1 rings (SSSR count). The van der Waals surface area contributed by atoms with Crippen LogP contribution in [-0.4, -0.2) is 8.76 Å². The molecule has 0 radical (unpaired) electrons. The van der Waals surface area contributed by atoms with Crippen molar-refractivity contribution >= 4 is 11.4 Å². The Balaban J connectivity index is 2.87. The minimum absolute atomic E-state index is 0.650. The lowest BCUT2D eigenvalue weighted by molar-refractivity contribution is 0.100. The van der Waals surface area contributed by atoms with Gasteiger partial charge >= 0.3 is 11.4 Å². The monoisotopic (exact) mass is 201 g/mol. The molecule has 0 aliphatic heterocycles. The van der Waals surface area contributed by atoms with Crippen LogP contribution in [0, 0.1) is 0 Å². The molecule has 0 heterocycles. The second-order valence-corrected chi connectivity index (χ2v) is 3.37. The van der Waals surface area contributed by atoms with Crippen molar-refractivity contribution in [3.05, 3.63) is 35.9 Å². The van der Waals surface area contributed by atoms with Gasteiger partial charge in [-0.2, -0.15) is 4.21 Å². The first-order valence-corrected chi connectivity index (χ1v) is 4.70. The lowest BCUT2D eigenvalue weighted by Crippen LogP contribution is -2.36. The van der Waals surface area contributed by atoms with E-state index in [1.165, 1.54) is 6.92 Å². The van der Waals surface area contributed by atoms with Crippen molar-refractivity contribution < 1.29 is 12.9 Å². The van der Waals surface area contributed by atoms with Crippen LogP contribution >= 0.6 is 0 Å². The number of hydrogen-bond acceptors (Lipinski definition) is 3. The predicted molar refractivity (Wildman–Crippen MR) is 49.8 cm³/mol. The summed E-state index contributed by atoms with van der Waals surface area (Å²) in [6, 6.07) is 8.85. The van der Waals surface area contributed by atoms with Gasteiger partial charge in [-0.25, -0.2) is 4.18 Å². The van der Waals surface area contributed by atoms with Gasteiger partial charge in [0, 0.05) is 0 Å². The van der Waals surface area contributed by atoms with Gasteiger partial charge in [0.15, 0.2) is 5.72 Å². The van der Waals surface area contributed by atoms with Gasteiger partial charge in [0.1, 0.15) is 0 Å². The number of hydrogen-bond donors (Lipinski definition) is 2. The zero-order valence-electron chi connectivity index (χ0n) is 7.14. The smallest absolute Gasteiger partial charge is 0.299 e. The van der Waals surface area contributed by atoms with E-state index >= 15 is 0 Å². The molecular formula is C8H11NO3S. The normalized spacial score (nSPS) is 17.8. The molecule has 0 bridgehead atoms. The molecule has 0 saturated carbocycles. The number of benzene rings is 1. The summed E-state index contributed by atoms with van der Waals surface area (Å²) in [5.74, 6) is 0. The fourth-order valence-corrected chi connectivity index (χ4v) is 1.36. The maximum atomic E-state index is 10.4. The Morgan fingerprint density at radius 2 is 2.00 bits per heavy atom. The Hall–Kier alpha value is -0.750. The SMILES string of the molecule is CC(N)(OS(=O)O)c1ccccc1. The molecule has 0 aliphatic carbocycles. The van der Waals surface area contributed by atoms with Crippen LogP contribution in [0.15, 0.2) is 30.3 Å². The molecule has 0 fully saturated rings. The highest BCUT2D eigenvalue weighted by molar-refractivity contribution is 7.74. The van der Waals surface area contributed by atoms with Crippen molar-refractivity contribution in [3.8, 4) is 0 Å². The fourth-order valence-electron chi connectivity index (χ4n) is 0.965. The highest BCUT2D eigenvalue weighted by atomic mass is 32.2. The van der Waals surface area contributed by atoms with E-state index in [9.17, 15) is 4.21 Å². The van der Waals surface area contributed by atoms with E-state index in [1.54, 1.807) is 24.3 Å². The minimum Gasteiger partial charge on any atom is -0.299 e. The molecule has 13 heavy (non-hydrogen) atoms. The van der Waals surface area contributed by atoms with E-state index in [-0.39, 0.29) is 0 Å². The average molecular weight is 201 g/mol. The van der Waals surface area contributed by atoms with Crippen LogP contribution in [0.3, 0.4) is 0 Å². The first kappa shape index (κ1) is 10.3. The predicted octanol–water partition coefficient (Wildman–Crippen LogP) is 0.971. The van der Waals surface area contributed by atoms with E-state index < -0.39 is 17.1 Å². The fraction of sp³-hybridized carbons (Fsp3) is 0.250. The van der Waals surface area contributed by atoms with E-state index in [0.717, 1.165) is 0 Å². The van der Waals surface area contributed by atoms with Crippen LogP contribution in [0.4, 0.5) is 0 Å². The van der Waals surface area contributed by atoms with Gasteiger partial charge in [0.2, 0.25) is 0 Å². The summed E-state index contributed by atoms with van der Waals surface area (Å²) < 4.78 is 23.5. The van der Waals surface area contributed by atoms with Crippen LogP contribution in [0.25, 0.3) is 0 Å². The Morgan fingerprint density at radius 1 is 1.46 bits per heavy atom. The average Bonchev–Trinajstić information content (AvgIpc) is 2.04. The van der Waals surface area contributed by atoms with Crippen LogP contribution in [0.5, 0.6) is 0 Å². The molecule has 0 aliphatic rings. The van der Waals surface area contributed by atoms with Crippen LogP contribution in [-0.2, 0) is 21.3 Å². The summed E-state index contributed by atoms with van der Waals surface area (Å²) in [6.45, 7) is 1.52. The molecule has 72 valence electrons. The third-order valence-electron chi connectivity index (χ3n) is 1.59. The van der Waals surface area contributed by atoms with Crippen molar-refractivity contribution in [2.24, 2.45) is 5.73 Å². The minimum atomic E-state index is -2.36. The third-order valence-corrected chi connectivity index (χ3v) is 2.08. The summed E-state index contributed by atoms with van der Waals surface area (Å²) in [5, 5.41) is 0. The van der Waals surface area contributed by atoms with Crippen molar-refractivity contribution in [1.29, 1.82) is 0 Å². The Kier molecular flexibility index (Phi) is 3.16. The van der Waals surface area contributed by atoms with Gasteiger partial charge in [-0.3, -0.25) is 10.3 Å². The Bertz CT molecular complexity index is 300. The lowest BCUT2D eigenvalue weighted by Gasteiger charge is -2.22. The quantitative estimate of drug-likeness (QED) is 0.564. The lowest BCUT2D eigenvalue weighted by atomic mass is 10.1. The summed E-state index contributed by atoms with van der Waals surface area (Å²) >= 11 is -2.36. The molecule has 0 saturated heterocycles. The zero-order chi connectivity index (χ0) is 9.90. The maximum Gasteiger partial charge on any atom is 0.304 e. The molecule has 2 unspecified atom stereocenters. The van der Waals surface area contributed by atoms with Gasteiger partial charge in [-0.15, -0.1) is 0 Å². The first-order valence-electron chi connectivity index (χ1n) is 3.67. The second kappa shape index (κ2) is 3.97. The van der Waals surface area contributed by atoms with Crippen molar-refractivity contribution in [2.45, 2.75) is 12.6 Å². The van der Waals surface area contributed by atoms with Gasteiger partial charge in [-0.1, -0.05) is 30.3 Å². The van der Waals surface area contributed by atoms with Gasteiger partial charge in [-0.05, 0) is 12.5 Å². The van der Waals surface area contributed by atoms with Crippen molar-refractivity contribution in [3.63, 3.8) is 0 Å². The van der Waals surface area contributed by atoms with E-state index in [2.05, 4.69) is 4.18 Å². The summed E-state index contributed by atoms with van der Waals surface area (Å²) in [4.78, 5) is 0.